The third-order valence-electron chi connectivity index (χ3n) is 14.8. The average molecular weight is 1070 g/mol. The van der Waals surface area contributed by atoms with Crippen LogP contribution in [0.25, 0.3) is 83.2 Å². The van der Waals surface area contributed by atoms with Gasteiger partial charge in [0.15, 0.2) is 0 Å². The first-order valence-corrected chi connectivity index (χ1v) is 26.7. The van der Waals surface area contributed by atoms with Crippen LogP contribution in [0.15, 0.2) is 156 Å². The van der Waals surface area contributed by atoms with Crippen molar-refractivity contribution in [3.63, 3.8) is 0 Å². The maximum atomic E-state index is 6.79. The van der Waals surface area contributed by atoms with E-state index in [0.717, 1.165) is 61.0 Å². The van der Waals surface area contributed by atoms with E-state index in [0.29, 0.717) is 5.41 Å². The van der Waals surface area contributed by atoms with E-state index in [2.05, 4.69) is 192 Å². The number of nitrogens with zero attached hydrogens (tertiary/aromatic N) is 3. The van der Waals surface area contributed by atoms with E-state index in [1.807, 2.05) is 18.2 Å². The molecule has 1 fully saturated rings. The minimum atomic E-state index is -1.23. The normalized spacial score (nSPS) is 15.0. The minimum absolute atomic E-state index is 0. The van der Waals surface area contributed by atoms with Crippen molar-refractivity contribution in [2.24, 2.45) is 0 Å². The predicted octanol–water partition coefficient (Wildman–Crippen LogP) is 16.1. The Balaban J connectivity index is 0.000000192. The van der Waals surface area contributed by atoms with Crippen LogP contribution in [-0.4, -0.2) is 22.6 Å². The van der Waals surface area contributed by atoms with Crippen molar-refractivity contribution in [2.75, 3.05) is 0 Å². The molecule has 2 aliphatic rings. The van der Waals surface area contributed by atoms with Gasteiger partial charge in [-0.3, -0.25) is 4.98 Å². The average Bonchev–Trinajstić information content (AvgIpc) is 4.10. The van der Waals surface area contributed by atoms with Crippen molar-refractivity contribution in [1.29, 1.82) is 0 Å². The summed E-state index contributed by atoms with van der Waals surface area (Å²) in [5.74, 6) is 1.42. The Hall–Kier alpha value is -5.91. The van der Waals surface area contributed by atoms with Gasteiger partial charge in [-0.15, -0.1) is 54.1 Å². The van der Waals surface area contributed by atoms with Crippen LogP contribution >= 0.6 is 0 Å². The molecule has 67 heavy (non-hydrogen) atoms. The van der Waals surface area contributed by atoms with E-state index in [1.165, 1.54) is 70.7 Å². The Morgan fingerprint density at radius 1 is 0.657 bits per heavy atom. The van der Waals surface area contributed by atoms with Gasteiger partial charge in [0.25, 0.3) is 0 Å². The van der Waals surface area contributed by atoms with Crippen LogP contribution in [0.4, 0.5) is 0 Å². The number of aromatic nitrogens is 3. The molecular formula is C61H57IrN3OSi-2. The maximum absolute atomic E-state index is 6.79. The van der Waals surface area contributed by atoms with E-state index < -0.39 is 8.07 Å². The van der Waals surface area contributed by atoms with Gasteiger partial charge in [0.2, 0.25) is 0 Å². The summed E-state index contributed by atoms with van der Waals surface area (Å²) in [4.78, 5) is 10.1. The Morgan fingerprint density at radius 2 is 1.36 bits per heavy atom. The number of fused-ring (bicyclic) bond motifs is 8. The van der Waals surface area contributed by atoms with Gasteiger partial charge in [-0.2, -0.15) is 0 Å². The molecule has 7 aromatic carbocycles. The van der Waals surface area contributed by atoms with Crippen LogP contribution in [0.3, 0.4) is 0 Å². The fourth-order valence-electron chi connectivity index (χ4n) is 11.2. The fraction of sp³-hybridized carbons (Fsp3) is 0.246. The summed E-state index contributed by atoms with van der Waals surface area (Å²) in [5.41, 5.74) is 15.0. The monoisotopic (exact) mass is 1070 g/mol. The topological polar surface area (TPSA) is 43.9 Å². The van der Waals surface area contributed by atoms with Gasteiger partial charge in [0, 0.05) is 42.8 Å². The molecule has 0 amide bonds. The quantitative estimate of drug-likeness (QED) is 0.123. The Bertz CT molecular complexity index is 3390. The van der Waals surface area contributed by atoms with Crippen molar-refractivity contribution >= 4 is 57.0 Å². The molecule has 1 spiro atoms. The SMILES string of the molecule is CC(C)c1cc(-c2ccccc2)cc(C(C)C)c1-n1c(-c2[c-]ccc3c2oc2c4ccccc4ccc32)nc2ccccc21.CC1(C)CC[Si]2(CCCC2)c2cnc(-c3[c-]cccc3)cc21.[Ir]. The minimum Gasteiger partial charge on any atom is -0.500 e. The largest absolute Gasteiger partial charge is 0.500 e. The zero-order chi connectivity index (χ0) is 45.2. The molecule has 0 atom stereocenters. The second-order valence-electron chi connectivity index (χ2n) is 20.1. The number of hydrogen-bond donors (Lipinski definition) is 0. The molecule has 2 aliphatic heterocycles. The van der Waals surface area contributed by atoms with Gasteiger partial charge < -0.3 is 14.0 Å². The van der Waals surface area contributed by atoms with Gasteiger partial charge in [0.05, 0.1) is 30.5 Å². The fourth-order valence-corrected chi connectivity index (χ4v) is 17.0. The van der Waals surface area contributed by atoms with Gasteiger partial charge in [-0.05, 0) is 92.0 Å². The van der Waals surface area contributed by atoms with E-state index in [4.69, 9.17) is 14.4 Å². The second kappa shape index (κ2) is 18.0. The van der Waals surface area contributed by atoms with Gasteiger partial charge in [-0.1, -0.05) is 168 Å². The zero-order valence-electron chi connectivity index (χ0n) is 39.4. The van der Waals surface area contributed by atoms with E-state index in [-0.39, 0.29) is 31.9 Å². The predicted molar refractivity (Wildman–Crippen MR) is 279 cm³/mol. The molecule has 1 saturated heterocycles. The summed E-state index contributed by atoms with van der Waals surface area (Å²) in [5, 5.41) is 6.14. The summed E-state index contributed by atoms with van der Waals surface area (Å²) in [6, 6.07) is 62.7. The molecule has 3 aromatic heterocycles. The summed E-state index contributed by atoms with van der Waals surface area (Å²) < 4.78 is 9.15. The number of pyridine rings is 1. The molecule has 0 saturated carbocycles. The first kappa shape index (κ1) is 44.9. The number of para-hydroxylation sites is 2. The molecule has 0 unspecified atom stereocenters. The Kier molecular flexibility index (Phi) is 12.0. The smallest absolute Gasteiger partial charge is 0.128 e. The Labute approximate surface area is 409 Å². The molecule has 1 radical (unpaired) electrons. The molecule has 6 heteroatoms. The van der Waals surface area contributed by atoms with Gasteiger partial charge in [-0.25, -0.2) is 0 Å². The Morgan fingerprint density at radius 3 is 2.10 bits per heavy atom. The summed E-state index contributed by atoms with van der Waals surface area (Å²) in [7, 11) is -1.23. The van der Waals surface area contributed by atoms with Crippen molar-refractivity contribution in [2.45, 2.75) is 96.2 Å². The van der Waals surface area contributed by atoms with Gasteiger partial charge in [0.1, 0.15) is 5.58 Å². The molecule has 4 nitrogen and oxygen atoms in total. The maximum Gasteiger partial charge on any atom is 0.128 e. The van der Waals surface area contributed by atoms with Crippen molar-refractivity contribution < 1.29 is 24.5 Å². The molecular weight excluding hydrogens is 1010 g/mol. The van der Waals surface area contributed by atoms with Crippen LogP contribution in [0.5, 0.6) is 0 Å². The molecule has 12 rings (SSSR count). The molecule has 0 N–H and O–H groups in total. The van der Waals surface area contributed by atoms with Crippen LogP contribution in [0.2, 0.25) is 18.1 Å². The number of imidazole rings is 1. The van der Waals surface area contributed by atoms with Gasteiger partial charge >= 0.3 is 0 Å². The van der Waals surface area contributed by atoms with Crippen molar-refractivity contribution in [3.8, 4) is 39.5 Å². The van der Waals surface area contributed by atoms with Crippen LogP contribution in [0.1, 0.15) is 89.3 Å². The molecule has 0 bridgehead atoms. The number of hydrogen-bond acceptors (Lipinski definition) is 3. The first-order valence-electron chi connectivity index (χ1n) is 24.0. The van der Waals surface area contributed by atoms with Crippen LogP contribution in [-0.2, 0) is 25.5 Å². The molecule has 10 aromatic rings. The van der Waals surface area contributed by atoms with Crippen LogP contribution < -0.4 is 5.19 Å². The van der Waals surface area contributed by atoms with Crippen LogP contribution in [0, 0.1) is 12.1 Å². The van der Waals surface area contributed by atoms with E-state index >= 15 is 0 Å². The third-order valence-corrected chi connectivity index (χ3v) is 20.2. The van der Waals surface area contributed by atoms with E-state index in [1.54, 1.807) is 10.8 Å². The van der Waals surface area contributed by atoms with Crippen molar-refractivity contribution in [1.82, 2.24) is 14.5 Å². The molecule has 5 heterocycles. The number of benzene rings is 7. The third kappa shape index (κ3) is 7.91. The summed E-state index contributed by atoms with van der Waals surface area (Å²) >= 11 is 0. The number of furan rings is 1. The zero-order valence-corrected chi connectivity index (χ0v) is 42.8. The molecule has 337 valence electrons. The second-order valence-corrected chi connectivity index (χ2v) is 24.7. The van der Waals surface area contributed by atoms with Crippen molar-refractivity contribution in [3.05, 3.63) is 181 Å². The summed E-state index contributed by atoms with van der Waals surface area (Å²) in [6.07, 6.45) is 6.50. The van der Waals surface area contributed by atoms with E-state index in [9.17, 15) is 0 Å². The molecule has 0 aliphatic carbocycles. The number of rotatable bonds is 6. The summed E-state index contributed by atoms with van der Waals surface area (Å²) in [6.45, 7) is 14.0. The standard InChI is InChI=1S/C41H33N2O.C20H24NSi.Ir/c1-25(2)34-23-29(27-13-6-5-7-14-27)24-35(26(3)4)38(34)43-37-20-11-10-19-36(37)42-41(43)33-18-12-17-31-32-22-21-28-15-8-9-16-30(28)39(32)44-40(31)33;1-20(2)10-13-22(11-6-7-12-22)19-15-21-18(14-17(19)20)16-8-4-3-5-9-16;/h5-17,19-26H,1-4H3;3-5,8,14-15H,6-7,10-13H2,1-2H3;/q2*-1;. The first-order chi connectivity index (χ1) is 32.1.